The Labute approximate surface area is 500 Å². The van der Waals surface area contributed by atoms with E-state index in [2.05, 4.69) is 39.0 Å². The highest BCUT2D eigenvalue weighted by Crippen LogP contribution is 2.21. The summed E-state index contributed by atoms with van der Waals surface area (Å²) < 4.78 is 5.05. The normalized spacial score (nSPS) is 11.9. The molecular formula is C72H132O9. The van der Waals surface area contributed by atoms with E-state index in [0.29, 0.717) is 0 Å². The first-order valence-electron chi connectivity index (χ1n) is 34.1. The van der Waals surface area contributed by atoms with Gasteiger partial charge in [0.2, 0.25) is 0 Å². The van der Waals surface area contributed by atoms with Crippen molar-refractivity contribution in [1.82, 2.24) is 0 Å². The number of carbonyl (C=O) groups is 3. The van der Waals surface area contributed by atoms with E-state index in [9.17, 15) is 29.7 Å². The van der Waals surface area contributed by atoms with Crippen LogP contribution in [0.2, 0.25) is 0 Å². The van der Waals surface area contributed by atoms with E-state index in [-0.39, 0.29) is 32.8 Å². The summed E-state index contributed by atoms with van der Waals surface area (Å²) in [6, 6.07) is 0. The Bertz CT molecular complexity index is 1390. The van der Waals surface area contributed by atoms with Crippen LogP contribution in [0.15, 0.2) is 72.9 Å². The summed E-state index contributed by atoms with van der Waals surface area (Å²) in [5, 5.41) is 44.6. The molecule has 0 heterocycles. The van der Waals surface area contributed by atoms with Gasteiger partial charge in [-0.15, -0.1) is 0 Å². The second-order valence-corrected chi connectivity index (χ2v) is 23.1. The van der Waals surface area contributed by atoms with E-state index in [0.717, 1.165) is 19.3 Å². The second-order valence-electron chi connectivity index (χ2n) is 23.1. The van der Waals surface area contributed by atoms with Crippen molar-refractivity contribution < 1.29 is 44.7 Å². The number of hydrogen-bond acceptors (Lipinski definition) is 7. The summed E-state index contributed by atoms with van der Waals surface area (Å²) in [7, 11) is 0. The van der Waals surface area contributed by atoms with Crippen molar-refractivity contribution in [3.05, 3.63) is 72.9 Å². The van der Waals surface area contributed by atoms with Crippen molar-refractivity contribution >= 4 is 17.9 Å². The van der Waals surface area contributed by atoms with Gasteiger partial charge < -0.3 is 30.3 Å². The summed E-state index contributed by atoms with van der Waals surface area (Å²) in [6.07, 6.45) is 85.9. The zero-order valence-corrected chi connectivity index (χ0v) is 53.3. The Morgan fingerprint density at radius 3 is 0.728 bits per heavy atom. The van der Waals surface area contributed by atoms with Gasteiger partial charge in [-0.1, -0.05) is 345 Å². The fourth-order valence-corrected chi connectivity index (χ4v) is 9.64. The fraction of sp³-hybridized carbons (Fsp3) is 0.792. The van der Waals surface area contributed by atoms with Gasteiger partial charge in [0.1, 0.15) is 0 Å². The fourth-order valence-electron chi connectivity index (χ4n) is 9.64. The number of carboxylic acid groups (broad SMARTS) is 2. The van der Waals surface area contributed by atoms with Gasteiger partial charge in [0.15, 0.2) is 0 Å². The molecule has 0 saturated heterocycles. The van der Waals surface area contributed by atoms with E-state index in [1.807, 2.05) is 18.2 Å². The smallest absolute Gasteiger partial charge is 0.330 e. The van der Waals surface area contributed by atoms with Crippen LogP contribution in [-0.4, -0.2) is 69.9 Å². The van der Waals surface area contributed by atoms with E-state index in [1.54, 1.807) is 18.2 Å². The zero-order valence-electron chi connectivity index (χ0n) is 53.3. The molecule has 0 bridgehead atoms. The average Bonchev–Trinajstić information content (AvgIpc) is 3.46. The molecule has 0 aliphatic rings. The lowest BCUT2D eigenvalue weighted by molar-refractivity contribution is -0.139. The largest absolute Gasteiger partial charge is 0.478 e. The average molecular weight is 1140 g/mol. The molecular weight excluding hydrogens is 1010 g/mol. The van der Waals surface area contributed by atoms with Gasteiger partial charge in [0.25, 0.3) is 0 Å². The summed E-state index contributed by atoms with van der Waals surface area (Å²) in [5.41, 5.74) is -1.00. The number of rotatable bonds is 60. The Hall–Kier alpha value is -3.27. The molecule has 0 fully saturated rings. The first kappa shape index (κ1) is 81.9. The van der Waals surface area contributed by atoms with Gasteiger partial charge in [0, 0.05) is 23.6 Å². The number of aliphatic hydroxyl groups is 3. The van der Waals surface area contributed by atoms with E-state index in [4.69, 9.17) is 14.9 Å². The number of aliphatic carboxylic acids is 2. The van der Waals surface area contributed by atoms with E-state index < -0.39 is 23.3 Å². The molecule has 0 aliphatic heterocycles. The van der Waals surface area contributed by atoms with Crippen LogP contribution in [0, 0.1) is 5.41 Å². The quantitative estimate of drug-likeness (QED) is 0.0173. The summed E-state index contributed by atoms with van der Waals surface area (Å²) in [5.74, 6) is -2.23. The molecule has 81 heavy (non-hydrogen) atoms. The molecule has 0 aromatic rings. The molecule has 0 rings (SSSR count). The molecule has 0 saturated carbocycles. The molecule has 474 valence electrons. The van der Waals surface area contributed by atoms with Crippen molar-refractivity contribution in [1.29, 1.82) is 0 Å². The lowest BCUT2D eigenvalue weighted by Crippen LogP contribution is -2.35. The molecule has 0 atom stereocenters. The number of carbonyl (C=O) groups excluding carboxylic acids is 1. The molecule has 0 aliphatic carbocycles. The molecule has 0 aromatic carbocycles. The number of unbranched alkanes of at least 4 members (excludes halogenated alkanes) is 45. The van der Waals surface area contributed by atoms with Crippen molar-refractivity contribution in [2.75, 3.05) is 26.4 Å². The second kappa shape index (κ2) is 72.8. The molecule has 5 N–H and O–H groups in total. The summed E-state index contributed by atoms with van der Waals surface area (Å²) in [6.45, 7) is 5.82. The maximum atomic E-state index is 11.6. The minimum atomic E-state index is -1.00. The lowest BCUT2D eigenvalue weighted by atomic mass is 9.88. The number of aliphatic hydroxyl groups excluding tert-OH is 3. The van der Waals surface area contributed by atoms with Gasteiger partial charge >= 0.3 is 17.9 Å². The van der Waals surface area contributed by atoms with Crippen LogP contribution in [0.4, 0.5) is 0 Å². The van der Waals surface area contributed by atoms with Crippen LogP contribution in [0.5, 0.6) is 0 Å². The van der Waals surface area contributed by atoms with Crippen molar-refractivity contribution in [2.45, 2.75) is 335 Å². The summed E-state index contributed by atoms with van der Waals surface area (Å²) in [4.78, 5) is 32.2. The van der Waals surface area contributed by atoms with Gasteiger partial charge in [0.05, 0.1) is 26.4 Å². The molecule has 0 radical (unpaired) electrons. The Morgan fingerprint density at radius 2 is 0.519 bits per heavy atom. The highest BCUT2D eigenvalue weighted by Gasteiger charge is 2.28. The van der Waals surface area contributed by atoms with Gasteiger partial charge in [-0.25, -0.2) is 14.4 Å². The minimum Gasteiger partial charge on any atom is -0.478 e. The van der Waals surface area contributed by atoms with Gasteiger partial charge in [-0.2, -0.15) is 0 Å². The third-order valence-electron chi connectivity index (χ3n) is 15.3. The Morgan fingerprint density at radius 1 is 0.309 bits per heavy atom. The van der Waals surface area contributed by atoms with Gasteiger partial charge in [-0.05, 0) is 44.9 Å². The SMILES string of the molecule is CCCCCCCCCCCCCCCCCC=CC=CC(=O)O.CCCCCCCCCCCCCCCCCC=CC=CC(=O)O.CCCCCCCCCCCCCCCCCC=CC=CC(=O)OCCC(CO)(CO)CO. The first-order chi connectivity index (χ1) is 39.7. The third-order valence-corrected chi connectivity index (χ3v) is 15.3. The molecule has 0 amide bonds. The maximum absolute atomic E-state index is 11.6. The van der Waals surface area contributed by atoms with Crippen molar-refractivity contribution in [2.24, 2.45) is 5.41 Å². The van der Waals surface area contributed by atoms with E-state index >= 15 is 0 Å². The maximum Gasteiger partial charge on any atom is 0.330 e. The predicted octanol–water partition coefficient (Wildman–Crippen LogP) is 21.1. The topological polar surface area (TPSA) is 162 Å². The lowest BCUT2D eigenvalue weighted by Gasteiger charge is -2.26. The highest BCUT2D eigenvalue weighted by atomic mass is 16.5. The highest BCUT2D eigenvalue weighted by molar-refractivity contribution is 5.82. The predicted molar refractivity (Wildman–Crippen MR) is 348 cm³/mol. The van der Waals surface area contributed by atoms with Crippen LogP contribution < -0.4 is 0 Å². The minimum absolute atomic E-state index is 0.0493. The Kier molecular flexibility index (Phi) is 73.7. The van der Waals surface area contributed by atoms with Crippen LogP contribution in [0.3, 0.4) is 0 Å². The Balaban J connectivity index is -0.00000115. The molecule has 9 heteroatoms. The van der Waals surface area contributed by atoms with Crippen molar-refractivity contribution in [3.8, 4) is 0 Å². The summed E-state index contributed by atoms with van der Waals surface area (Å²) >= 11 is 0. The molecule has 0 spiro atoms. The van der Waals surface area contributed by atoms with E-state index in [1.165, 1.54) is 307 Å². The van der Waals surface area contributed by atoms with Gasteiger partial charge in [-0.3, -0.25) is 0 Å². The molecule has 9 nitrogen and oxygen atoms in total. The van der Waals surface area contributed by atoms with Crippen molar-refractivity contribution in [3.63, 3.8) is 0 Å². The number of carboxylic acids is 2. The number of ether oxygens (including phenoxy) is 1. The third kappa shape index (κ3) is 74.7. The first-order valence-corrected chi connectivity index (χ1v) is 34.1. The number of allylic oxidation sites excluding steroid dienone is 9. The molecule has 0 unspecified atom stereocenters. The van der Waals surface area contributed by atoms with Crippen LogP contribution in [0.1, 0.15) is 335 Å². The molecule has 0 aromatic heterocycles. The van der Waals surface area contributed by atoms with Crippen LogP contribution in [-0.2, 0) is 19.1 Å². The number of esters is 1. The zero-order chi connectivity index (χ0) is 59.9. The van der Waals surface area contributed by atoms with Crippen LogP contribution >= 0.6 is 0 Å². The monoisotopic (exact) mass is 1140 g/mol. The standard InChI is InChI=1S/C28H52O5.2C22H40O2/c1-2-3-4-5-6-7-8-9-10-11-12-13-14-15-16-17-18-19-20-21-27(32)33-23-22-28(24-29,25-30)26-31;2*1-2-3-4-5-6-7-8-9-10-11-12-13-14-15-16-17-18-19-20-21-22(23)24/h18-21,29-31H,2-17,22-26H2,1H3;2*18-21H,2-17H2,1H3,(H,23,24). The number of hydrogen-bond donors (Lipinski definition) is 5. The van der Waals surface area contributed by atoms with Crippen LogP contribution in [0.25, 0.3) is 0 Å².